The van der Waals surface area contributed by atoms with E-state index in [-0.39, 0.29) is 17.2 Å². The Labute approximate surface area is 192 Å². The molecule has 0 atom stereocenters. The number of hydrogen-bond acceptors (Lipinski definition) is 8. The van der Waals surface area contributed by atoms with Crippen molar-refractivity contribution < 1.29 is 14.3 Å². The molecule has 10 heteroatoms. The highest BCUT2D eigenvalue weighted by Gasteiger charge is 2.14. The molecule has 2 aromatic heterocycles. The number of amides is 1. The van der Waals surface area contributed by atoms with E-state index in [4.69, 9.17) is 9.47 Å². The van der Waals surface area contributed by atoms with Crippen molar-refractivity contribution in [1.29, 1.82) is 0 Å². The zero-order valence-electron chi connectivity index (χ0n) is 17.7. The third kappa shape index (κ3) is 4.93. The summed E-state index contributed by atoms with van der Waals surface area (Å²) in [4.78, 5) is 34.6. The number of para-hydroxylation sites is 1. The van der Waals surface area contributed by atoms with Crippen LogP contribution in [-0.4, -0.2) is 47.0 Å². The van der Waals surface area contributed by atoms with E-state index in [0.717, 1.165) is 16.0 Å². The van der Waals surface area contributed by atoms with Crippen molar-refractivity contribution in [3.63, 3.8) is 0 Å². The van der Waals surface area contributed by atoms with Crippen LogP contribution in [0.3, 0.4) is 0 Å². The molecule has 1 N–H and O–H groups in total. The van der Waals surface area contributed by atoms with Crippen LogP contribution in [0.2, 0.25) is 0 Å². The minimum Gasteiger partial charge on any atom is -0.497 e. The molecule has 2 heterocycles. The Balaban J connectivity index is 1.50. The van der Waals surface area contributed by atoms with Crippen molar-refractivity contribution in [2.24, 2.45) is 0 Å². The predicted octanol–water partition coefficient (Wildman–Crippen LogP) is 3.78. The van der Waals surface area contributed by atoms with Crippen molar-refractivity contribution in [3.8, 4) is 5.75 Å². The number of hydrogen-bond donors (Lipinski definition) is 1. The summed E-state index contributed by atoms with van der Waals surface area (Å²) in [5.74, 6) is 0.629. The number of rotatable bonds is 9. The molecule has 8 nitrogen and oxygen atoms in total. The number of thiazole rings is 1. The van der Waals surface area contributed by atoms with E-state index in [2.05, 4.69) is 15.3 Å². The maximum atomic E-state index is 13.0. The highest BCUT2D eigenvalue weighted by atomic mass is 32.2. The number of methoxy groups -OCH3 is 2. The summed E-state index contributed by atoms with van der Waals surface area (Å²) in [5, 5.41) is 4.42. The van der Waals surface area contributed by atoms with Gasteiger partial charge in [0.25, 0.3) is 5.56 Å². The number of anilines is 1. The zero-order chi connectivity index (χ0) is 22.5. The van der Waals surface area contributed by atoms with E-state index in [0.29, 0.717) is 40.8 Å². The quantitative estimate of drug-likeness (QED) is 0.226. The number of thioether (sulfide) groups is 1. The zero-order valence-corrected chi connectivity index (χ0v) is 19.3. The van der Waals surface area contributed by atoms with E-state index in [1.54, 1.807) is 30.9 Å². The van der Waals surface area contributed by atoms with Gasteiger partial charge in [0.15, 0.2) is 10.3 Å². The molecule has 0 saturated heterocycles. The average molecular weight is 471 g/mol. The monoisotopic (exact) mass is 470 g/mol. The first kappa shape index (κ1) is 22.3. The third-order valence-corrected chi connectivity index (χ3v) is 6.64. The van der Waals surface area contributed by atoms with Gasteiger partial charge in [0.05, 0.1) is 34.0 Å². The lowest BCUT2D eigenvalue weighted by atomic mass is 10.2. The van der Waals surface area contributed by atoms with Crippen LogP contribution in [0.25, 0.3) is 21.1 Å². The van der Waals surface area contributed by atoms with Gasteiger partial charge in [0.1, 0.15) is 5.75 Å². The Bertz CT molecular complexity index is 1320. The minimum absolute atomic E-state index is 0.105. The molecule has 4 rings (SSSR count). The molecular weight excluding hydrogens is 448 g/mol. The molecule has 1 amide bonds. The van der Waals surface area contributed by atoms with Crippen LogP contribution in [0.15, 0.2) is 52.4 Å². The molecule has 32 heavy (non-hydrogen) atoms. The Morgan fingerprint density at radius 2 is 2.00 bits per heavy atom. The van der Waals surface area contributed by atoms with Crippen LogP contribution >= 0.6 is 23.1 Å². The van der Waals surface area contributed by atoms with Crippen LogP contribution in [0, 0.1) is 0 Å². The van der Waals surface area contributed by atoms with Crippen LogP contribution in [0.1, 0.15) is 6.42 Å². The summed E-state index contributed by atoms with van der Waals surface area (Å²) in [6.07, 6.45) is 0.672. The number of aromatic nitrogens is 3. The van der Waals surface area contributed by atoms with Crippen molar-refractivity contribution in [2.45, 2.75) is 18.1 Å². The number of nitrogens with one attached hydrogen (secondary N) is 1. The number of carbonyl (C=O) groups excluding carboxylic acids is 1. The van der Waals surface area contributed by atoms with Crippen molar-refractivity contribution in [3.05, 3.63) is 52.8 Å². The first-order chi connectivity index (χ1) is 15.6. The van der Waals surface area contributed by atoms with Gasteiger partial charge < -0.3 is 14.8 Å². The molecule has 2 aromatic carbocycles. The molecule has 0 unspecified atom stereocenters. The Morgan fingerprint density at radius 3 is 2.81 bits per heavy atom. The highest BCUT2D eigenvalue weighted by Crippen LogP contribution is 2.29. The normalized spacial score (nSPS) is 11.2. The molecule has 0 aliphatic carbocycles. The second-order valence-electron chi connectivity index (χ2n) is 6.90. The second kappa shape index (κ2) is 10.1. The minimum atomic E-state index is -0.216. The Kier molecular flexibility index (Phi) is 7.03. The highest BCUT2D eigenvalue weighted by molar-refractivity contribution is 7.99. The molecular formula is C22H22N4O4S2. The maximum Gasteiger partial charge on any atom is 0.262 e. The molecule has 0 aliphatic heterocycles. The lowest BCUT2D eigenvalue weighted by molar-refractivity contribution is -0.113. The lowest BCUT2D eigenvalue weighted by Gasteiger charge is -2.12. The fraction of sp³-hybridized carbons (Fsp3) is 0.273. The van der Waals surface area contributed by atoms with Crippen LogP contribution < -0.4 is 15.6 Å². The maximum absolute atomic E-state index is 13.0. The Hall–Kier alpha value is -2.95. The van der Waals surface area contributed by atoms with Gasteiger partial charge >= 0.3 is 0 Å². The van der Waals surface area contributed by atoms with E-state index in [1.807, 2.05) is 30.3 Å². The van der Waals surface area contributed by atoms with E-state index in [1.165, 1.54) is 23.1 Å². The second-order valence-corrected chi connectivity index (χ2v) is 8.88. The lowest BCUT2D eigenvalue weighted by Crippen LogP contribution is -2.25. The van der Waals surface area contributed by atoms with Crippen molar-refractivity contribution in [2.75, 3.05) is 31.9 Å². The number of carbonyl (C=O) groups is 1. The number of fused-ring (bicyclic) bond motifs is 2. The average Bonchev–Trinajstić information content (AvgIpc) is 3.20. The molecule has 0 aliphatic rings. The van der Waals surface area contributed by atoms with Gasteiger partial charge in [-0.25, -0.2) is 9.97 Å². The standard InChI is InChI=1S/C22H22N4O4S2/c1-29-11-5-10-26-20(28)15-6-3-4-7-16(15)24-22(26)31-13-19(27)25-21-23-17-9-8-14(30-2)12-18(17)32-21/h3-4,6-9,12H,5,10-11,13H2,1-2H3,(H,23,25,27). The molecule has 0 spiro atoms. The fourth-order valence-electron chi connectivity index (χ4n) is 3.19. The van der Waals surface area contributed by atoms with Crippen molar-refractivity contribution in [1.82, 2.24) is 14.5 Å². The van der Waals surface area contributed by atoms with Crippen molar-refractivity contribution >= 4 is 55.3 Å². The van der Waals surface area contributed by atoms with E-state index < -0.39 is 0 Å². The summed E-state index contributed by atoms with van der Waals surface area (Å²) in [6.45, 7) is 1.00. The summed E-state index contributed by atoms with van der Waals surface area (Å²) in [7, 11) is 3.23. The van der Waals surface area contributed by atoms with Gasteiger partial charge in [-0.3, -0.25) is 14.2 Å². The molecule has 166 valence electrons. The van der Waals surface area contributed by atoms with Crippen LogP contribution in [-0.2, 0) is 16.1 Å². The van der Waals surface area contributed by atoms with Gasteiger partial charge in [-0.2, -0.15) is 0 Å². The topological polar surface area (TPSA) is 95.3 Å². The van der Waals surface area contributed by atoms with Gasteiger partial charge in [-0.05, 0) is 36.8 Å². The summed E-state index contributed by atoms with van der Waals surface area (Å²) < 4.78 is 12.9. The smallest absolute Gasteiger partial charge is 0.262 e. The number of ether oxygens (including phenoxy) is 2. The third-order valence-electron chi connectivity index (χ3n) is 4.73. The molecule has 4 aromatic rings. The van der Waals surface area contributed by atoms with Gasteiger partial charge in [-0.1, -0.05) is 35.2 Å². The Morgan fingerprint density at radius 1 is 1.16 bits per heavy atom. The molecule has 0 radical (unpaired) electrons. The SMILES string of the molecule is COCCCn1c(SCC(=O)Nc2nc3ccc(OC)cc3s2)nc2ccccc2c1=O. The predicted molar refractivity (Wildman–Crippen MR) is 128 cm³/mol. The first-order valence-corrected chi connectivity index (χ1v) is 11.7. The molecule has 0 bridgehead atoms. The van der Waals surface area contributed by atoms with Crippen LogP contribution in [0.5, 0.6) is 5.75 Å². The largest absolute Gasteiger partial charge is 0.497 e. The van der Waals surface area contributed by atoms with E-state index in [9.17, 15) is 9.59 Å². The van der Waals surface area contributed by atoms with E-state index >= 15 is 0 Å². The fourth-order valence-corrected chi connectivity index (χ4v) is 4.93. The summed E-state index contributed by atoms with van der Waals surface area (Å²) in [6, 6.07) is 12.8. The summed E-state index contributed by atoms with van der Waals surface area (Å²) in [5.41, 5.74) is 1.29. The number of benzene rings is 2. The molecule has 0 saturated carbocycles. The van der Waals surface area contributed by atoms with Gasteiger partial charge in [0.2, 0.25) is 5.91 Å². The van der Waals surface area contributed by atoms with Gasteiger partial charge in [-0.15, -0.1) is 0 Å². The van der Waals surface area contributed by atoms with Crippen LogP contribution in [0.4, 0.5) is 5.13 Å². The molecule has 0 fully saturated rings. The van der Waals surface area contributed by atoms with Gasteiger partial charge in [0, 0.05) is 20.3 Å². The number of nitrogens with zero attached hydrogens (tertiary/aromatic N) is 3. The first-order valence-electron chi connectivity index (χ1n) is 9.95. The summed E-state index contributed by atoms with van der Waals surface area (Å²) >= 11 is 2.61.